The quantitative estimate of drug-likeness (QED) is 0.834. The number of amides is 1. The molecule has 0 spiro atoms. The maximum Gasteiger partial charge on any atom is 0.471 e. The number of likely N-dealkylation sites (tertiary alicyclic amines) is 1. The zero-order valence-electron chi connectivity index (χ0n) is 13.8. The molecule has 0 saturated carbocycles. The first kappa shape index (κ1) is 18.7. The number of nitrogens with one attached hydrogen (secondary N) is 2. The first-order valence-corrected chi connectivity index (χ1v) is 8.28. The van der Waals surface area contributed by atoms with E-state index in [2.05, 4.69) is 17.1 Å². The lowest BCUT2D eigenvalue weighted by molar-refractivity contribution is -0.167. The Hall–Kier alpha value is -1.60. The number of benzene rings is 1. The van der Waals surface area contributed by atoms with Crippen LogP contribution in [0.15, 0.2) is 24.3 Å². The first-order valence-electron chi connectivity index (χ1n) is 8.28. The van der Waals surface area contributed by atoms with Gasteiger partial charge in [0.2, 0.25) is 0 Å². The van der Waals surface area contributed by atoms with Gasteiger partial charge in [0.1, 0.15) is 0 Å². The van der Waals surface area contributed by atoms with E-state index >= 15 is 0 Å². The van der Waals surface area contributed by atoms with Crippen LogP contribution in [-0.4, -0.2) is 42.7 Å². The highest BCUT2D eigenvalue weighted by molar-refractivity contribution is 5.94. The lowest BCUT2D eigenvalue weighted by atomic mass is 10.1. The summed E-state index contributed by atoms with van der Waals surface area (Å²) >= 11 is 0. The SMILES string of the molecule is CC(CNCc1cccc(NC(=O)C(F)(F)F)c1)N1CCCCC1. The number of nitrogens with zero attached hydrogens (tertiary/aromatic N) is 1. The Kier molecular flexibility index (Phi) is 6.62. The van der Waals surface area contributed by atoms with Gasteiger partial charge in [-0.1, -0.05) is 18.6 Å². The summed E-state index contributed by atoms with van der Waals surface area (Å²) in [5.74, 6) is -1.95. The van der Waals surface area contributed by atoms with E-state index in [1.807, 2.05) is 11.4 Å². The molecule has 0 radical (unpaired) electrons. The molecular formula is C17H24F3N3O. The van der Waals surface area contributed by atoms with Crippen LogP contribution in [0.2, 0.25) is 0 Å². The number of anilines is 1. The number of alkyl halides is 3. The largest absolute Gasteiger partial charge is 0.471 e. The highest BCUT2D eigenvalue weighted by Gasteiger charge is 2.38. The third-order valence-electron chi connectivity index (χ3n) is 4.23. The Bertz CT molecular complexity index is 542. The predicted octanol–water partition coefficient (Wildman–Crippen LogP) is 3.15. The van der Waals surface area contributed by atoms with Crippen molar-refractivity contribution in [2.75, 3.05) is 25.0 Å². The van der Waals surface area contributed by atoms with Crippen LogP contribution in [0, 0.1) is 0 Å². The van der Waals surface area contributed by atoms with Crippen LogP contribution in [-0.2, 0) is 11.3 Å². The van der Waals surface area contributed by atoms with E-state index < -0.39 is 12.1 Å². The zero-order valence-corrected chi connectivity index (χ0v) is 13.8. The van der Waals surface area contributed by atoms with E-state index in [1.54, 1.807) is 12.1 Å². The van der Waals surface area contributed by atoms with E-state index in [0.717, 1.165) is 25.2 Å². The third kappa shape index (κ3) is 5.79. The molecule has 2 N–H and O–H groups in total. The summed E-state index contributed by atoms with van der Waals surface area (Å²) in [5, 5.41) is 5.21. The maximum absolute atomic E-state index is 12.3. The van der Waals surface area contributed by atoms with Gasteiger partial charge >= 0.3 is 12.1 Å². The Morgan fingerprint density at radius 3 is 2.62 bits per heavy atom. The summed E-state index contributed by atoms with van der Waals surface area (Å²) in [5.41, 5.74) is 0.988. The van der Waals surface area contributed by atoms with Crippen molar-refractivity contribution in [3.05, 3.63) is 29.8 Å². The lowest BCUT2D eigenvalue weighted by Crippen LogP contribution is -2.42. The summed E-state index contributed by atoms with van der Waals surface area (Å²) in [6.45, 7) is 5.80. The molecule has 1 atom stereocenters. The molecule has 1 aromatic carbocycles. The number of halogens is 3. The average Bonchev–Trinajstić information content (AvgIpc) is 2.55. The molecule has 0 aliphatic carbocycles. The van der Waals surface area contributed by atoms with Crippen molar-refractivity contribution in [3.8, 4) is 0 Å². The van der Waals surface area contributed by atoms with Gasteiger partial charge in [-0.25, -0.2) is 0 Å². The fourth-order valence-electron chi connectivity index (χ4n) is 2.87. The predicted molar refractivity (Wildman–Crippen MR) is 87.7 cm³/mol. The summed E-state index contributed by atoms with van der Waals surface area (Å²) in [6, 6.07) is 6.89. The van der Waals surface area contributed by atoms with Gasteiger partial charge in [0.05, 0.1) is 0 Å². The highest BCUT2D eigenvalue weighted by Crippen LogP contribution is 2.19. The topological polar surface area (TPSA) is 44.4 Å². The Labute approximate surface area is 140 Å². The zero-order chi connectivity index (χ0) is 17.6. The molecule has 134 valence electrons. The van der Waals surface area contributed by atoms with Gasteiger partial charge in [0.15, 0.2) is 0 Å². The van der Waals surface area contributed by atoms with Crippen LogP contribution >= 0.6 is 0 Å². The summed E-state index contributed by atoms with van der Waals surface area (Å²) < 4.78 is 36.8. The van der Waals surface area contributed by atoms with Crippen LogP contribution in [0.5, 0.6) is 0 Å². The van der Waals surface area contributed by atoms with Crippen molar-refractivity contribution < 1.29 is 18.0 Å². The molecule has 7 heteroatoms. The van der Waals surface area contributed by atoms with Crippen LogP contribution < -0.4 is 10.6 Å². The molecule has 0 aromatic heterocycles. The fraction of sp³-hybridized carbons (Fsp3) is 0.588. The minimum Gasteiger partial charge on any atom is -0.318 e. The number of carbonyl (C=O) groups excluding carboxylic acids is 1. The second kappa shape index (κ2) is 8.48. The third-order valence-corrected chi connectivity index (χ3v) is 4.23. The van der Waals surface area contributed by atoms with Crippen molar-refractivity contribution in [1.29, 1.82) is 0 Å². The van der Waals surface area contributed by atoms with Crippen LogP contribution in [0.25, 0.3) is 0 Å². The summed E-state index contributed by atoms with van der Waals surface area (Å²) in [4.78, 5) is 13.4. The summed E-state index contributed by atoms with van der Waals surface area (Å²) in [7, 11) is 0. The number of hydrogen-bond acceptors (Lipinski definition) is 3. The standard InChI is InChI=1S/C17H24F3N3O/c1-13(23-8-3-2-4-9-23)11-21-12-14-6-5-7-15(10-14)22-16(24)17(18,19)20/h5-7,10,13,21H,2-4,8-9,11-12H2,1H3,(H,22,24). The maximum atomic E-state index is 12.3. The van der Waals surface area contributed by atoms with Gasteiger partial charge in [0.25, 0.3) is 0 Å². The number of hydrogen-bond donors (Lipinski definition) is 2. The number of carbonyl (C=O) groups is 1. The first-order chi connectivity index (χ1) is 11.4. The van der Waals surface area contributed by atoms with E-state index in [1.165, 1.54) is 25.3 Å². The van der Waals surface area contributed by atoms with E-state index in [-0.39, 0.29) is 5.69 Å². The van der Waals surface area contributed by atoms with Gasteiger partial charge in [-0.3, -0.25) is 9.69 Å². The molecule has 1 aliphatic heterocycles. The van der Waals surface area contributed by atoms with Crippen molar-refractivity contribution in [2.24, 2.45) is 0 Å². The molecular weight excluding hydrogens is 319 g/mol. The average molecular weight is 343 g/mol. The second-order valence-corrected chi connectivity index (χ2v) is 6.23. The molecule has 1 saturated heterocycles. The molecule has 1 aromatic rings. The molecule has 1 amide bonds. The minimum absolute atomic E-state index is 0.153. The Morgan fingerprint density at radius 1 is 1.25 bits per heavy atom. The normalized spacial score (nSPS) is 17.5. The van der Waals surface area contributed by atoms with E-state index in [4.69, 9.17) is 0 Å². The highest BCUT2D eigenvalue weighted by atomic mass is 19.4. The van der Waals surface area contributed by atoms with Crippen molar-refractivity contribution in [1.82, 2.24) is 10.2 Å². The Morgan fingerprint density at radius 2 is 1.96 bits per heavy atom. The van der Waals surface area contributed by atoms with Crippen molar-refractivity contribution in [3.63, 3.8) is 0 Å². The van der Waals surface area contributed by atoms with Gasteiger partial charge in [0, 0.05) is 24.8 Å². The van der Waals surface area contributed by atoms with Crippen LogP contribution in [0.4, 0.5) is 18.9 Å². The molecule has 1 fully saturated rings. The Balaban J connectivity index is 1.80. The van der Waals surface area contributed by atoms with Gasteiger partial charge in [-0.2, -0.15) is 13.2 Å². The minimum atomic E-state index is -4.88. The molecule has 1 heterocycles. The van der Waals surface area contributed by atoms with Crippen LogP contribution in [0.3, 0.4) is 0 Å². The van der Waals surface area contributed by atoms with Gasteiger partial charge in [-0.05, 0) is 50.6 Å². The molecule has 24 heavy (non-hydrogen) atoms. The number of rotatable bonds is 6. The molecule has 0 bridgehead atoms. The van der Waals surface area contributed by atoms with Gasteiger partial charge in [-0.15, -0.1) is 0 Å². The monoisotopic (exact) mass is 343 g/mol. The molecule has 1 aliphatic rings. The fourth-order valence-corrected chi connectivity index (χ4v) is 2.87. The van der Waals surface area contributed by atoms with E-state index in [0.29, 0.717) is 12.6 Å². The number of piperidine rings is 1. The smallest absolute Gasteiger partial charge is 0.318 e. The van der Waals surface area contributed by atoms with Crippen molar-refractivity contribution >= 4 is 11.6 Å². The molecule has 2 rings (SSSR count). The molecule has 4 nitrogen and oxygen atoms in total. The van der Waals surface area contributed by atoms with Crippen LogP contribution in [0.1, 0.15) is 31.7 Å². The summed E-state index contributed by atoms with van der Waals surface area (Å²) in [6.07, 6.45) is -1.10. The second-order valence-electron chi connectivity index (χ2n) is 6.23. The van der Waals surface area contributed by atoms with Crippen molar-refractivity contribution in [2.45, 2.75) is 44.9 Å². The van der Waals surface area contributed by atoms with E-state index in [9.17, 15) is 18.0 Å². The molecule has 1 unspecified atom stereocenters. The lowest BCUT2D eigenvalue weighted by Gasteiger charge is -2.32. The van der Waals surface area contributed by atoms with Gasteiger partial charge < -0.3 is 10.6 Å².